The van der Waals surface area contributed by atoms with Crippen LogP contribution >= 0.6 is 0 Å². The first-order valence-electron chi connectivity index (χ1n) is 6.84. The molecule has 0 amide bonds. The van der Waals surface area contributed by atoms with Crippen LogP contribution in [0.25, 0.3) is 10.8 Å². The Morgan fingerprint density at radius 1 is 0.650 bits per heavy atom. The number of benzene rings is 3. The molecular weight excluding hydrogens is 244 g/mol. The SMILES string of the molecule is O=C(Cc1ccccc1)Cc1ccc2ccccc2c1. The van der Waals surface area contributed by atoms with Crippen molar-refractivity contribution in [3.05, 3.63) is 83.9 Å². The Morgan fingerprint density at radius 2 is 1.30 bits per heavy atom. The smallest absolute Gasteiger partial charge is 0.141 e. The van der Waals surface area contributed by atoms with Gasteiger partial charge in [0.2, 0.25) is 0 Å². The van der Waals surface area contributed by atoms with Crippen LogP contribution in [0, 0.1) is 0 Å². The topological polar surface area (TPSA) is 17.1 Å². The minimum Gasteiger partial charge on any atom is -0.299 e. The van der Waals surface area contributed by atoms with Gasteiger partial charge in [0.1, 0.15) is 5.78 Å². The molecule has 0 heterocycles. The van der Waals surface area contributed by atoms with Crippen molar-refractivity contribution in [3.8, 4) is 0 Å². The quantitative estimate of drug-likeness (QED) is 0.687. The fraction of sp³-hybridized carbons (Fsp3) is 0.105. The Bertz CT molecular complexity index is 729. The van der Waals surface area contributed by atoms with E-state index in [0.717, 1.165) is 11.1 Å². The molecule has 20 heavy (non-hydrogen) atoms. The molecule has 0 atom stereocenters. The maximum Gasteiger partial charge on any atom is 0.141 e. The highest BCUT2D eigenvalue weighted by Crippen LogP contribution is 2.16. The van der Waals surface area contributed by atoms with E-state index in [2.05, 4.69) is 24.3 Å². The highest BCUT2D eigenvalue weighted by Gasteiger charge is 2.05. The van der Waals surface area contributed by atoms with Gasteiger partial charge in [-0.1, -0.05) is 72.8 Å². The number of hydrogen-bond donors (Lipinski definition) is 0. The van der Waals surface area contributed by atoms with Crippen molar-refractivity contribution in [3.63, 3.8) is 0 Å². The normalized spacial score (nSPS) is 10.6. The number of rotatable bonds is 4. The van der Waals surface area contributed by atoms with Crippen molar-refractivity contribution in [2.24, 2.45) is 0 Å². The second-order valence-corrected chi connectivity index (χ2v) is 5.06. The molecule has 0 aromatic heterocycles. The Balaban J connectivity index is 1.74. The van der Waals surface area contributed by atoms with Gasteiger partial charge in [-0.3, -0.25) is 4.79 Å². The summed E-state index contributed by atoms with van der Waals surface area (Å²) in [5, 5.41) is 2.41. The summed E-state index contributed by atoms with van der Waals surface area (Å²) in [4.78, 5) is 12.1. The molecule has 98 valence electrons. The van der Waals surface area contributed by atoms with Gasteiger partial charge in [0, 0.05) is 12.8 Å². The zero-order valence-corrected chi connectivity index (χ0v) is 11.3. The monoisotopic (exact) mass is 260 g/mol. The zero-order chi connectivity index (χ0) is 13.8. The molecule has 0 aliphatic carbocycles. The maximum absolute atomic E-state index is 12.1. The molecule has 0 saturated carbocycles. The number of fused-ring (bicyclic) bond motifs is 1. The van der Waals surface area contributed by atoms with Gasteiger partial charge in [-0.2, -0.15) is 0 Å². The lowest BCUT2D eigenvalue weighted by Crippen LogP contribution is -2.06. The van der Waals surface area contributed by atoms with Gasteiger partial charge in [-0.25, -0.2) is 0 Å². The van der Waals surface area contributed by atoms with Gasteiger partial charge in [-0.05, 0) is 21.9 Å². The molecule has 0 unspecified atom stereocenters. The van der Waals surface area contributed by atoms with Crippen LogP contribution < -0.4 is 0 Å². The first kappa shape index (κ1) is 12.6. The molecule has 3 rings (SSSR count). The summed E-state index contributed by atoms with van der Waals surface area (Å²) in [6, 6.07) is 24.4. The minimum absolute atomic E-state index is 0.256. The number of Topliss-reactive ketones (excluding diaryl/α,β-unsaturated/α-hetero) is 1. The van der Waals surface area contributed by atoms with Gasteiger partial charge >= 0.3 is 0 Å². The van der Waals surface area contributed by atoms with Crippen LogP contribution in [0.3, 0.4) is 0 Å². The third-order valence-electron chi connectivity index (χ3n) is 3.46. The summed E-state index contributed by atoms with van der Waals surface area (Å²) in [6.07, 6.45) is 1.01. The fourth-order valence-corrected chi connectivity index (χ4v) is 2.46. The lowest BCUT2D eigenvalue weighted by molar-refractivity contribution is -0.117. The average Bonchev–Trinajstić information content (AvgIpc) is 2.48. The number of ketones is 1. The number of carbonyl (C=O) groups is 1. The molecule has 0 radical (unpaired) electrons. The summed E-state index contributed by atoms with van der Waals surface area (Å²) in [5.74, 6) is 0.256. The second kappa shape index (κ2) is 5.70. The summed E-state index contributed by atoms with van der Waals surface area (Å²) in [7, 11) is 0. The minimum atomic E-state index is 0.256. The zero-order valence-electron chi connectivity index (χ0n) is 11.3. The van der Waals surface area contributed by atoms with Crippen LogP contribution in [0.15, 0.2) is 72.8 Å². The summed E-state index contributed by atoms with van der Waals surface area (Å²) in [5.41, 5.74) is 2.17. The summed E-state index contributed by atoms with van der Waals surface area (Å²) in [6.45, 7) is 0. The second-order valence-electron chi connectivity index (χ2n) is 5.06. The van der Waals surface area contributed by atoms with Gasteiger partial charge < -0.3 is 0 Å². The molecule has 1 nitrogen and oxygen atoms in total. The van der Waals surface area contributed by atoms with Gasteiger partial charge in [-0.15, -0.1) is 0 Å². The van der Waals surface area contributed by atoms with E-state index in [1.54, 1.807) is 0 Å². The molecule has 0 saturated heterocycles. The van der Waals surface area contributed by atoms with Crippen molar-refractivity contribution in [1.29, 1.82) is 0 Å². The van der Waals surface area contributed by atoms with Crippen molar-refractivity contribution in [2.45, 2.75) is 12.8 Å². The molecular formula is C19H16O. The van der Waals surface area contributed by atoms with E-state index in [0.29, 0.717) is 12.8 Å². The van der Waals surface area contributed by atoms with Crippen molar-refractivity contribution < 1.29 is 4.79 Å². The Hall–Kier alpha value is -2.41. The molecule has 0 aliphatic heterocycles. The molecule has 3 aromatic rings. The van der Waals surface area contributed by atoms with Crippen LogP contribution in [0.1, 0.15) is 11.1 Å². The van der Waals surface area contributed by atoms with Crippen LogP contribution in [0.5, 0.6) is 0 Å². The molecule has 0 fully saturated rings. The first-order valence-corrected chi connectivity index (χ1v) is 6.84. The van der Waals surface area contributed by atoms with E-state index in [1.165, 1.54) is 10.8 Å². The lowest BCUT2D eigenvalue weighted by Gasteiger charge is -2.04. The lowest BCUT2D eigenvalue weighted by atomic mass is 10.0. The number of hydrogen-bond acceptors (Lipinski definition) is 1. The third kappa shape index (κ3) is 2.94. The van der Waals surface area contributed by atoms with E-state index in [4.69, 9.17) is 0 Å². The van der Waals surface area contributed by atoms with E-state index in [1.807, 2.05) is 48.5 Å². The van der Waals surface area contributed by atoms with Gasteiger partial charge in [0.25, 0.3) is 0 Å². The molecule has 0 N–H and O–H groups in total. The molecule has 0 spiro atoms. The first-order chi connectivity index (χ1) is 9.81. The number of carbonyl (C=O) groups excluding carboxylic acids is 1. The molecule has 1 heteroatoms. The fourth-order valence-electron chi connectivity index (χ4n) is 2.46. The van der Waals surface area contributed by atoms with E-state index in [-0.39, 0.29) is 5.78 Å². The van der Waals surface area contributed by atoms with E-state index >= 15 is 0 Å². The van der Waals surface area contributed by atoms with Crippen LogP contribution in [-0.2, 0) is 17.6 Å². The Kier molecular flexibility index (Phi) is 3.60. The third-order valence-corrected chi connectivity index (χ3v) is 3.46. The molecule has 3 aromatic carbocycles. The van der Waals surface area contributed by atoms with Crippen molar-refractivity contribution in [2.75, 3.05) is 0 Å². The summed E-state index contributed by atoms with van der Waals surface area (Å²) >= 11 is 0. The predicted octanol–water partition coefficient (Wildman–Crippen LogP) is 4.19. The van der Waals surface area contributed by atoms with Gasteiger partial charge in [0.15, 0.2) is 0 Å². The highest BCUT2D eigenvalue weighted by molar-refractivity contribution is 5.87. The highest BCUT2D eigenvalue weighted by atomic mass is 16.1. The maximum atomic E-state index is 12.1. The van der Waals surface area contributed by atoms with Crippen molar-refractivity contribution in [1.82, 2.24) is 0 Å². The molecule has 0 aliphatic rings. The largest absolute Gasteiger partial charge is 0.299 e. The Labute approximate surface area is 118 Å². The summed E-state index contributed by atoms with van der Waals surface area (Å²) < 4.78 is 0. The Morgan fingerprint density at radius 3 is 2.10 bits per heavy atom. The predicted molar refractivity (Wildman–Crippen MR) is 82.8 cm³/mol. The molecule has 0 bridgehead atoms. The van der Waals surface area contributed by atoms with Crippen molar-refractivity contribution >= 4 is 16.6 Å². The van der Waals surface area contributed by atoms with Crippen LogP contribution in [0.4, 0.5) is 0 Å². The average molecular weight is 260 g/mol. The van der Waals surface area contributed by atoms with Gasteiger partial charge in [0.05, 0.1) is 0 Å². The van der Waals surface area contributed by atoms with E-state index < -0.39 is 0 Å². The van der Waals surface area contributed by atoms with Crippen LogP contribution in [-0.4, -0.2) is 5.78 Å². The standard InChI is InChI=1S/C19H16O/c20-19(13-15-6-2-1-3-7-15)14-16-10-11-17-8-4-5-9-18(17)12-16/h1-12H,13-14H2. The van der Waals surface area contributed by atoms with Crippen LogP contribution in [0.2, 0.25) is 0 Å². The van der Waals surface area contributed by atoms with E-state index in [9.17, 15) is 4.79 Å².